The quantitative estimate of drug-likeness (QED) is 0.836. The molecule has 0 aliphatic carbocycles. The second-order valence-electron chi connectivity index (χ2n) is 5.76. The van der Waals surface area contributed by atoms with Crippen molar-refractivity contribution in [1.82, 2.24) is 10.2 Å². The molecular weight excluding hydrogens is 316 g/mol. The van der Waals surface area contributed by atoms with Crippen LogP contribution in [0.5, 0.6) is 11.5 Å². The van der Waals surface area contributed by atoms with E-state index in [-0.39, 0.29) is 23.0 Å². The number of methoxy groups -OCH3 is 1. The monoisotopic (exact) mass is 340 g/mol. The van der Waals surface area contributed by atoms with Crippen LogP contribution in [0.3, 0.4) is 0 Å². The summed E-state index contributed by atoms with van der Waals surface area (Å²) in [5.41, 5.74) is 0.759. The van der Waals surface area contributed by atoms with Crippen LogP contribution in [0.1, 0.15) is 42.6 Å². The molecule has 1 aromatic rings. The van der Waals surface area contributed by atoms with E-state index in [0.29, 0.717) is 29.6 Å². The number of ether oxygens (including phenoxy) is 1. The van der Waals surface area contributed by atoms with Crippen LogP contribution >= 0.6 is 11.6 Å². The van der Waals surface area contributed by atoms with E-state index in [1.54, 1.807) is 6.07 Å². The van der Waals surface area contributed by atoms with Crippen molar-refractivity contribution in [3.8, 4) is 11.5 Å². The molecule has 1 aliphatic heterocycles. The number of carbonyl (C=O) groups is 1. The molecule has 23 heavy (non-hydrogen) atoms. The highest BCUT2D eigenvalue weighted by Gasteiger charge is 2.26. The highest BCUT2D eigenvalue weighted by molar-refractivity contribution is 6.33. The molecule has 0 bridgehead atoms. The Balaban J connectivity index is 2.19. The minimum atomic E-state index is -0.348. The van der Waals surface area contributed by atoms with Crippen LogP contribution in [-0.2, 0) is 6.42 Å². The fourth-order valence-electron chi connectivity index (χ4n) is 3.20. The number of nitrogens with one attached hydrogen (secondary N) is 1. The number of carbonyl (C=O) groups excluding carboxylic acids is 1. The van der Waals surface area contributed by atoms with Crippen LogP contribution < -0.4 is 10.1 Å². The van der Waals surface area contributed by atoms with Gasteiger partial charge in [0.05, 0.1) is 12.1 Å². The molecule has 6 heteroatoms. The van der Waals surface area contributed by atoms with Crippen molar-refractivity contribution in [2.24, 2.45) is 0 Å². The molecule has 128 valence electrons. The average Bonchev–Trinajstić information content (AvgIpc) is 3.01. The van der Waals surface area contributed by atoms with Gasteiger partial charge in [0, 0.05) is 12.6 Å². The fraction of sp³-hybridized carbons (Fsp3) is 0.588. The Morgan fingerprint density at radius 1 is 1.52 bits per heavy atom. The van der Waals surface area contributed by atoms with Gasteiger partial charge in [-0.15, -0.1) is 0 Å². The first-order valence-corrected chi connectivity index (χ1v) is 8.51. The number of hydrogen-bond donors (Lipinski definition) is 2. The third-order valence-electron chi connectivity index (χ3n) is 4.50. The van der Waals surface area contributed by atoms with Crippen LogP contribution in [0.4, 0.5) is 0 Å². The zero-order chi connectivity index (χ0) is 17.0. The normalized spacial score (nSPS) is 18.2. The van der Waals surface area contributed by atoms with Gasteiger partial charge in [-0.2, -0.15) is 0 Å². The van der Waals surface area contributed by atoms with E-state index >= 15 is 0 Å². The molecule has 1 fully saturated rings. The second-order valence-corrected chi connectivity index (χ2v) is 6.17. The molecule has 1 atom stereocenters. The summed E-state index contributed by atoms with van der Waals surface area (Å²) in [6, 6.07) is 1.99. The van der Waals surface area contributed by atoms with E-state index < -0.39 is 0 Å². The number of aryl methyl sites for hydroxylation is 1. The number of halogens is 1. The molecule has 0 saturated carbocycles. The molecule has 0 radical (unpaired) electrons. The smallest absolute Gasteiger partial charge is 0.258 e. The molecule has 0 spiro atoms. The van der Waals surface area contributed by atoms with Gasteiger partial charge in [-0.05, 0) is 44.0 Å². The molecule has 2 N–H and O–H groups in total. The zero-order valence-corrected chi connectivity index (χ0v) is 14.7. The van der Waals surface area contributed by atoms with Crippen molar-refractivity contribution in [2.75, 3.05) is 26.7 Å². The molecule has 1 heterocycles. The van der Waals surface area contributed by atoms with Crippen molar-refractivity contribution < 1.29 is 14.6 Å². The summed E-state index contributed by atoms with van der Waals surface area (Å²) in [4.78, 5) is 14.9. The standard InChI is InChI=1S/C17H25ClN2O3/c1-4-11-9-13(18)16(23-3)14(15(11)21)17(22)19-10-12-7-6-8-20(12)5-2/h9,12,21H,4-8,10H2,1-3H3,(H,19,22)/t12-/m1/s1. The van der Waals surface area contributed by atoms with Gasteiger partial charge in [0.15, 0.2) is 5.75 Å². The Morgan fingerprint density at radius 3 is 2.87 bits per heavy atom. The average molecular weight is 341 g/mol. The maximum atomic E-state index is 12.6. The summed E-state index contributed by atoms with van der Waals surface area (Å²) in [7, 11) is 1.44. The lowest BCUT2D eigenvalue weighted by atomic mass is 10.0. The SMILES string of the molecule is CCc1cc(Cl)c(OC)c(C(=O)NC[C@H]2CCCN2CC)c1O. The van der Waals surface area contributed by atoms with E-state index in [2.05, 4.69) is 17.1 Å². The summed E-state index contributed by atoms with van der Waals surface area (Å²) in [5, 5.41) is 13.6. The number of aromatic hydroxyl groups is 1. The number of likely N-dealkylation sites (tertiary alicyclic amines) is 1. The van der Waals surface area contributed by atoms with Crippen molar-refractivity contribution in [3.63, 3.8) is 0 Å². The molecule has 1 aliphatic rings. The molecule has 5 nitrogen and oxygen atoms in total. The molecule has 0 unspecified atom stereocenters. The van der Waals surface area contributed by atoms with Gasteiger partial charge in [-0.25, -0.2) is 0 Å². The van der Waals surface area contributed by atoms with Crippen LogP contribution in [0.15, 0.2) is 6.07 Å². The lowest BCUT2D eigenvalue weighted by Crippen LogP contribution is -2.40. The molecule has 1 saturated heterocycles. The predicted molar refractivity (Wildman–Crippen MR) is 91.6 cm³/mol. The number of phenolic OH excluding ortho intramolecular Hbond substituents is 1. The van der Waals surface area contributed by atoms with E-state index in [0.717, 1.165) is 25.9 Å². The summed E-state index contributed by atoms with van der Waals surface area (Å²) in [6.45, 7) is 6.63. The first kappa shape index (κ1) is 17.9. The Labute approximate surface area is 142 Å². The van der Waals surface area contributed by atoms with E-state index in [4.69, 9.17) is 16.3 Å². The third-order valence-corrected chi connectivity index (χ3v) is 4.78. The number of nitrogens with zero attached hydrogens (tertiary/aromatic N) is 1. The first-order chi connectivity index (χ1) is 11.0. The molecule has 1 aromatic carbocycles. The van der Waals surface area contributed by atoms with Crippen molar-refractivity contribution >= 4 is 17.5 Å². The minimum absolute atomic E-state index is 0.0509. The Hall–Kier alpha value is -1.46. The first-order valence-electron chi connectivity index (χ1n) is 8.13. The Kier molecular flexibility index (Phi) is 6.13. The number of benzene rings is 1. The highest BCUT2D eigenvalue weighted by atomic mass is 35.5. The Bertz CT molecular complexity index is 577. The van der Waals surface area contributed by atoms with Gasteiger partial charge in [-0.1, -0.05) is 25.4 Å². The predicted octanol–water partition coefficient (Wildman–Crippen LogP) is 2.83. The summed E-state index contributed by atoms with van der Waals surface area (Å²) in [6.07, 6.45) is 2.81. The van der Waals surface area contributed by atoms with Crippen molar-refractivity contribution in [1.29, 1.82) is 0 Å². The number of likely N-dealkylation sites (N-methyl/N-ethyl adjacent to an activating group) is 1. The third kappa shape index (κ3) is 3.72. The number of phenols is 1. The van der Waals surface area contributed by atoms with Crippen molar-refractivity contribution in [2.45, 2.75) is 39.2 Å². The number of rotatable bonds is 6. The fourth-order valence-corrected chi connectivity index (χ4v) is 3.50. The van der Waals surface area contributed by atoms with Crippen LogP contribution in [0.25, 0.3) is 0 Å². The van der Waals surface area contributed by atoms with Gasteiger partial charge in [0.1, 0.15) is 11.3 Å². The number of amides is 1. The van der Waals surface area contributed by atoms with E-state index in [1.807, 2.05) is 6.92 Å². The van der Waals surface area contributed by atoms with Gasteiger partial charge >= 0.3 is 0 Å². The van der Waals surface area contributed by atoms with E-state index in [9.17, 15) is 9.90 Å². The topological polar surface area (TPSA) is 61.8 Å². The molecule has 1 amide bonds. The second kappa shape index (κ2) is 7.88. The van der Waals surface area contributed by atoms with Gasteiger partial charge in [0.2, 0.25) is 0 Å². The molecular formula is C17H25ClN2O3. The summed E-state index contributed by atoms with van der Waals surface area (Å²) in [5.74, 6) is -0.179. The summed E-state index contributed by atoms with van der Waals surface area (Å²) >= 11 is 6.18. The highest BCUT2D eigenvalue weighted by Crippen LogP contribution is 2.38. The lowest BCUT2D eigenvalue weighted by molar-refractivity contribution is 0.0935. The van der Waals surface area contributed by atoms with Gasteiger partial charge in [0.25, 0.3) is 5.91 Å². The maximum absolute atomic E-state index is 12.6. The van der Waals surface area contributed by atoms with Gasteiger partial charge in [-0.3, -0.25) is 9.69 Å². The van der Waals surface area contributed by atoms with Crippen molar-refractivity contribution in [3.05, 3.63) is 22.2 Å². The van der Waals surface area contributed by atoms with E-state index in [1.165, 1.54) is 7.11 Å². The molecule has 0 aromatic heterocycles. The van der Waals surface area contributed by atoms with Crippen LogP contribution in [-0.4, -0.2) is 48.7 Å². The largest absolute Gasteiger partial charge is 0.507 e. The van der Waals surface area contributed by atoms with Crippen LogP contribution in [0, 0.1) is 0 Å². The maximum Gasteiger partial charge on any atom is 0.258 e. The summed E-state index contributed by atoms with van der Waals surface area (Å²) < 4.78 is 5.23. The lowest BCUT2D eigenvalue weighted by Gasteiger charge is -2.23. The van der Waals surface area contributed by atoms with Gasteiger partial charge < -0.3 is 15.2 Å². The Morgan fingerprint density at radius 2 is 2.26 bits per heavy atom. The molecule has 2 rings (SSSR count). The number of hydrogen-bond acceptors (Lipinski definition) is 4. The minimum Gasteiger partial charge on any atom is -0.507 e. The zero-order valence-electron chi connectivity index (χ0n) is 14.0. The van der Waals surface area contributed by atoms with Crippen LogP contribution in [0.2, 0.25) is 5.02 Å².